The van der Waals surface area contributed by atoms with E-state index in [4.69, 9.17) is 15.1 Å². The molecule has 1 amide bonds. The average Bonchev–Trinajstić information content (AvgIpc) is 3.48. The first-order chi connectivity index (χ1) is 17.1. The van der Waals surface area contributed by atoms with Crippen molar-refractivity contribution >= 4 is 11.6 Å². The van der Waals surface area contributed by atoms with E-state index in [1.807, 2.05) is 65.3 Å². The second-order valence-corrected chi connectivity index (χ2v) is 8.75. The lowest BCUT2D eigenvalue weighted by molar-refractivity contribution is 0.102. The van der Waals surface area contributed by atoms with Crippen LogP contribution in [-0.2, 0) is 25.9 Å². The molecule has 6 nitrogen and oxygen atoms in total. The van der Waals surface area contributed by atoms with Gasteiger partial charge in [-0.3, -0.25) is 4.79 Å². The molecule has 1 aromatic heterocycles. The summed E-state index contributed by atoms with van der Waals surface area (Å²) in [5, 5.41) is 16.6. The number of amides is 1. The van der Waals surface area contributed by atoms with Gasteiger partial charge in [0.2, 0.25) is 0 Å². The summed E-state index contributed by atoms with van der Waals surface area (Å²) in [4.78, 5) is 13.3. The van der Waals surface area contributed by atoms with E-state index in [2.05, 4.69) is 30.4 Å². The summed E-state index contributed by atoms with van der Waals surface area (Å²) < 4.78 is 7.86. The van der Waals surface area contributed by atoms with Gasteiger partial charge in [-0.25, -0.2) is 4.68 Å². The van der Waals surface area contributed by atoms with E-state index in [1.54, 1.807) is 0 Å². The average molecular weight is 463 g/mol. The molecule has 5 rings (SSSR count). The van der Waals surface area contributed by atoms with Crippen molar-refractivity contribution in [3.8, 4) is 17.5 Å². The van der Waals surface area contributed by atoms with Gasteiger partial charge in [0.25, 0.3) is 5.91 Å². The lowest BCUT2D eigenvalue weighted by Crippen LogP contribution is -2.16. The van der Waals surface area contributed by atoms with Gasteiger partial charge >= 0.3 is 0 Å². The van der Waals surface area contributed by atoms with E-state index in [0.29, 0.717) is 30.2 Å². The van der Waals surface area contributed by atoms with Crippen LogP contribution in [0.3, 0.4) is 0 Å². The molecule has 1 heterocycles. The van der Waals surface area contributed by atoms with Gasteiger partial charge in [-0.05, 0) is 62.1 Å². The van der Waals surface area contributed by atoms with E-state index in [1.165, 1.54) is 5.56 Å². The molecule has 174 valence electrons. The van der Waals surface area contributed by atoms with Crippen molar-refractivity contribution in [2.24, 2.45) is 0 Å². The van der Waals surface area contributed by atoms with Gasteiger partial charge in [0.1, 0.15) is 12.4 Å². The van der Waals surface area contributed by atoms with Crippen LogP contribution < -0.4 is 10.1 Å². The number of nitriles is 1. The monoisotopic (exact) mass is 462 g/mol. The smallest absolute Gasteiger partial charge is 0.276 e. The van der Waals surface area contributed by atoms with Gasteiger partial charge in [0, 0.05) is 22.5 Å². The zero-order valence-electron chi connectivity index (χ0n) is 19.6. The number of para-hydroxylation sites is 1. The molecule has 0 atom stereocenters. The lowest BCUT2D eigenvalue weighted by Gasteiger charge is -2.12. The second-order valence-electron chi connectivity index (χ2n) is 8.75. The number of aromatic nitrogens is 2. The Balaban J connectivity index is 1.34. The summed E-state index contributed by atoms with van der Waals surface area (Å²) >= 11 is 0. The molecule has 0 saturated carbocycles. The third kappa shape index (κ3) is 4.80. The molecule has 35 heavy (non-hydrogen) atoms. The predicted octanol–water partition coefficient (Wildman–Crippen LogP) is 5.57. The largest absolute Gasteiger partial charge is 0.489 e. The van der Waals surface area contributed by atoms with Crippen LogP contribution in [0.15, 0.2) is 72.8 Å². The fraction of sp³-hybridized carbons (Fsp3) is 0.207. The van der Waals surface area contributed by atoms with E-state index >= 15 is 0 Å². The second kappa shape index (κ2) is 9.86. The molecule has 0 unspecified atom stereocenters. The number of nitrogens with zero attached hydrogens (tertiary/aromatic N) is 3. The number of benzene rings is 3. The van der Waals surface area contributed by atoms with Crippen LogP contribution in [-0.4, -0.2) is 15.7 Å². The maximum atomic E-state index is 13.3. The first kappa shape index (κ1) is 22.4. The number of hydrogen-bond donors (Lipinski definition) is 1. The van der Waals surface area contributed by atoms with E-state index in [-0.39, 0.29) is 5.91 Å². The SMILES string of the molecule is Cc1ccc(-n2nc(C(=O)Nc3ccccc3COc3ccc(CC#N)cc3)c3c2CCC3)cc1. The Kier molecular flexibility index (Phi) is 6.32. The highest BCUT2D eigenvalue weighted by Crippen LogP contribution is 2.29. The summed E-state index contributed by atoms with van der Waals surface area (Å²) in [6, 6.07) is 25.5. The zero-order valence-corrected chi connectivity index (χ0v) is 19.6. The molecule has 0 fully saturated rings. The van der Waals surface area contributed by atoms with E-state index in [0.717, 1.165) is 47.3 Å². The summed E-state index contributed by atoms with van der Waals surface area (Å²) in [6.45, 7) is 2.37. The number of fused-ring (bicyclic) bond motifs is 1. The van der Waals surface area contributed by atoms with Gasteiger partial charge in [0.05, 0.1) is 18.2 Å². The van der Waals surface area contributed by atoms with Crippen molar-refractivity contribution in [3.63, 3.8) is 0 Å². The zero-order chi connectivity index (χ0) is 24.2. The summed E-state index contributed by atoms with van der Waals surface area (Å²) in [6.07, 6.45) is 3.17. The van der Waals surface area contributed by atoms with Crippen LogP contribution in [0.25, 0.3) is 5.69 Å². The molecule has 1 aliphatic rings. The van der Waals surface area contributed by atoms with Crippen LogP contribution in [0.4, 0.5) is 5.69 Å². The molecule has 0 saturated heterocycles. The van der Waals surface area contributed by atoms with Crippen LogP contribution in [0.5, 0.6) is 5.75 Å². The first-order valence-electron chi connectivity index (χ1n) is 11.8. The third-order valence-corrected chi connectivity index (χ3v) is 6.29. The normalized spacial score (nSPS) is 12.1. The molecule has 0 spiro atoms. The number of anilines is 1. The Labute approximate surface area is 204 Å². The minimum Gasteiger partial charge on any atom is -0.489 e. The number of rotatable bonds is 7. The maximum absolute atomic E-state index is 13.3. The number of nitrogens with one attached hydrogen (secondary N) is 1. The number of carbonyl (C=O) groups excluding carboxylic acids is 1. The van der Waals surface area contributed by atoms with Crippen molar-refractivity contribution in [2.45, 2.75) is 39.2 Å². The van der Waals surface area contributed by atoms with Crippen LogP contribution >= 0.6 is 0 Å². The third-order valence-electron chi connectivity index (χ3n) is 6.29. The number of hydrogen-bond acceptors (Lipinski definition) is 4. The summed E-state index contributed by atoms with van der Waals surface area (Å²) in [5.74, 6) is 0.504. The maximum Gasteiger partial charge on any atom is 0.276 e. The minimum atomic E-state index is -0.206. The van der Waals surface area contributed by atoms with E-state index < -0.39 is 0 Å². The van der Waals surface area contributed by atoms with Crippen molar-refractivity contribution in [1.29, 1.82) is 5.26 Å². The fourth-order valence-corrected chi connectivity index (χ4v) is 4.42. The number of aryl methyl sites for hydroxylation is 1. The van der Waals surface area contributed by atoms with Crippen LogP contribution in [0.2, 0.25) is 0 Å². The Morgan fingerprint density at radius 3 is 2.60 bits per heavy atom. The van der Waals surface area contributed by atoms with E-state index in [9.17, 15) is 4.79 Å². The van der Waals surface area contributed by atoms with Crippen molar-refractivity contribution in [2.75, 3.05) is 5.32 Å². The Morgan fingerprint density at radius 2 is 1.83 bits per heavy atom. The Hall–Kier alpha value is -4.37. The van der Waals surface area contributed by atoms with Gasteiger partial charge in [-0.1, -0.05) is 48.0 Å². The molecular weight excluding hydrogens is 436 g/mol. The molecule has 0 bridgehead atoms. The standard InChI is InChI=1S/C29H26N4O2/c1-20-9-13-23(14-10-20)33-27-8-4-6-25(27)28(32-33)29(34)31-26-7-3-2-5-22(26)19-35-24-15-11-21(12-16-24)17-18-30/h2-3,5,7,9-16H,4,6,8,17,19H2,1H3,(H,31,34). The molecule has 6 heteroatoms. The van der Waals surface area contributed by atoms with Crippen molar-refractivity contribution < 1.29 is 9.53 Å². The molecule has 0 radical (unpaired) electrons. The molecule has 1 N–H and O–H groups in total. The van der Waals surface area contributed by atoms with Gasteiger partial charge < -0.3 is 10.1 Å². The highest BCUT2D eigenvalue weighted by Gasteiger charge is 2.27. The summed E-state index contributed by atoms with van der Waals surface area (Å²) in [5.41, 5.74) is 7.33. The molecule has 3 aromatic carbocycles. The van der Waals surface area contributed by atoms with Gasteiger partial charge in [-0.2, -0.15) is 10.4 Å². The molecule has 4 aromatic rings. The van der Waals surface area contributed by atoms with Gasteiger partial charge in [0.15, 0.2) is 5.69 Å². The minimum absolute atomic E-state index is 0.206. The Morgan fingerprint density at radius 1 is 1.06 bits per heavy atom. The lowest BCUT2D eigenvalue weighted by atomic mass is 10.1. The summed E-state index contributed by atoms with van der Waals surface area (Å²) in [7, 11) is 0. The topological polar surface area (TPSA) is 79.9 Å². The van der Waals surface area contributed by atoms with Crippen molar-refractivity contribution in [1.82, 2.24) is 9.78 Å². The van der Waals surface area contributed by atoms with Crippen molar-refractivity contribution in [3.05, 3.63) is 106 Å². The quantitative estimate of drug-likeness (QED) is 0.390. The molecule has 1 aliphatic carbocycles. The van der Waals surface area contributed by atoms with Crippen LogP contribution in [0.1, 0.15) is 44.9 Å². The number of carbonyl (C=O) groups is 1. The highest BCUT2D eigenvalue weighted by molar-refractivity contribution is 6.04. The van der Waals surface area contributed by atoms with Crippen LogP contribution in [0, 0.1) is 18.3 Å². The fourth-order valence-electron chi connectivity index (χ4n) is 4.42. The highest BCUT2D eigenvalue weighted by atomic mass is 16.5. The predicted molar refractivity (Wildman–Crippen MR) is 135 cm³/mol. The Bertz CT molecular complexity index is 1400. The first-order valence-corrected chi connectivity index (χ1v) is 11.8. The molecule has 0 aliphatic heterocycles. The van der Waals surface area contributed by atoms with Gasteiger partial charge in [-0.15, -0.1) is 0 Å². The number of ether oxygens (including phenoxy) is 1. The molecular formula is C29H26N4O2.